The van der Waals surface area contributed by atoms with E-state index in [2.05, 4.69) is 0 Å². The third kappa shape index (κ3) is 1.87. The molecule has 0 aromatic carbocycles. The molecule has 0 radical (unpaired) electrons. The second-order valence-electron chi connectivity index (χ2n) is 2.66. The van der Waals surface area contributed by atoms with E-state index in [-0.39, 0.29) is 11.6 Å². The molecule has 0 spiro atoms. The van der Waals surface area contributed by atoms with E-state index in [1.54, 1.807) is 6.92 Å². The maximum absolute atomic E-state index is 11.1. The van der Waals surface area contributed by atoms with Crippen LogP contribution in [0.25, 0.3) is 0 Å². The molecule has 1 atom stereocenters. The first-order chi connectivity index (χ1) is 5.25. The highest BCUT2D eigenvalue weighted by Gasteiger charge is 2.27. The molecular formula is C8H12O3. The lowest BCUT2D eigenvalue weighted by molar-refractivity contribution is -0.139. The summed E-state index contributed by atoms with van der Waals surface area (Å²) >= 11 is 0. The number of hydrogen-bond acceptors (Lipinski definition) is 3. The molecule has 0 amide bonds. The Bertz CT molecular complexity index is 166. The van der Waals surface area contributed by atoms with Crippen molar-refractivity contribution in [2.24, 2.45) is 5.92 Å². The van der Waals surface area contributed by atoms with E-state index >= 15 is 0 Å². The SMILES string of the molecule is CCC(=O)C1COCCC1=O. The summed E-state index contributed by atoms with van der Waals surface area (Å²) in [6.45, 7) is 2.54. The van der Waals surface area contributed by atoms with Crippen LogP contribution in [0.2, 0.25) is 0 Å². The summed E-state index contributed by atoms with van der Waals surface area (Å²) < 4.78 is 5.03. The highest BCUT2D eigenvalue weighted by molar-refractivity contribution is 6.02. The standard InChI is InChI=1S/C8H12O3/c1-2-7(9)6-5-11-4-3-8(6)10/h6H,2-5H2,1H3. The molecule has 1 aliphatic heterocycles. The molecule has 11 heavy (non-hydrogen) atoms. The van der Waals surface area contributed by atoms with Gasteiger partial charge >= 0.3 is 0 Å². The Kier molecular flexibility index (Phi) is 2.76. The highest BCUT2D eigenvalue weighted by Crippen LogP contribution is 2.11. The van der Waals surface area contributed by atoms with Gasteiger partial charge in [-0.2, -0.15) is 0 Å². The van der Waals surface area contributed by atoms with Gasteiger partial charge in [0.25, 0.3) is 0 Å². The van der Waals surface area contributed by atoms with Gasteiger partial charge in [-0.05, 0) is 0 Å². The minimum Gasteiger partial charge on any atom is -0.380 e. The van der Waals surface area contributed by atoms with Crippen molar-refractivity contribution in [3.63, 3.8) is 0 Å². The molecule has 3 nitrogen and oxygen atoms in total. The van der Waals surface area contributed by atoms with Gasteiger partial charge in [0.05, 0.1) is 19.1 Å². The molecule has 1 unspecified atom stereocenters. The highest BCUT2D eigenvalue weighted by atomic mass is 16.5. The zero-order valence-corrected chi connectivity index (χ0v) is 6.63. The van der Waals surface area contributed by atoms with E-state index < -0.39 is 5.92 Å². The molecule has 62 valence electrons. The number of ether oxygens (including phenoxy) is 1. The molecule has 1 rings (SSSR count). The van der Waals surface area contributed by atoms with E-state index in [0.717, 1.165) is 0 Å². The Balaban J connectivity index is 2.54. The maximum Gasteiger partial charge on any atom is 0.147 e. The number of ketones is 2. The largest absolute Gasteiger partial charge is 0.380 e. The van der Waals surface area contributed by atoms with Crippen molar-refractivity contribution in [1.82, 2.24) is 0 Å². The van der Waals surface area contributed by atoms with Gasteiger partial charge in [-0.3, -0.25) is 9.59 Å². The second-order valence-corrected chi connectivity index (χ2v) is 2.66. The van der Waals surface area contributed by atoms with Crippen LogP contribution in [0.5, 0.6) is 0 Å². The number of rotatable bonds is 2. The summed E-state index contributed by atoms with van der Waals surface area (Å²) in [7, 11) is 0. The molecule has 0 saturated carbocycles. The number of carbonyl (C=O) groups is 2. The lowest BCUT2D eigenvalue weighted by atomic mass is 9.95. The summed E-state index contributed by atoms with van der Waals surface area (Å²) in [5, 5.41) is 0. The third-order valence-corrected chi connectivity index (χ3v) is 1.90. The van der Waals surface area contributed by atoms with Gasteiger partial charge in [-0.15, -0.1) is 0 Å². The smallest absolute Gasteiger partial charge is 0.147 e. The predicted octanol–water partition coefficient (Wildman–Crippen LogP) is 0.571. The van der Waals surface area contributed by atoms with Crippen molar-refractivity contribution < 1.29 is 14.3 Å². The van der Waals surface area contributed by atoms with Crippen molar-refractivity contribution in [2.75, 3.05) is 13.2 Å². The summed E-state index contributed by atoms with van der Waals surface area (Å²) in [4.78, 5) is 22.2. The third-order valence-electron chi connectivity index (χ3n) is 1.90. The molecule has 0 aromatic heterocycles. The Hall–Kier alpha value is -0.700. The van der Waals surface area contributed by atoms with Crippen LogP contribution in [-0.4, -0.2) is 24.8 Å². The van der Waals surface area contributed by atoms with Crippen molar-refractivity contribution in [3.8, 4) is 0 Å². The van der Waals surface area contributed by atoms with Crippen molar-refractivity contribution in [1.29, 1.82) is 0 Å². The van der Waals surface area contributed by atoms with Crippen LogP contribution in [0.15, 0.2) is 0 Å². The second kappa shape index (κ2) is 3.62. The van der Waals surface area contributed by atoms with E-state index in [1.807, 2.05) is 0 Å². The minimum absolute atomic E-state index is 0.00898. The summed E-state index contributed by atoms with van der Waals surface area (Å²) in [5.41, 5.74) is 0. The van der Waals surface area contributed by atoms with Crippen LogP contribution in [0.1, 0.15) is 19.8 Å². The van der Waals surface area contributed by atoms with E-state index in [1.165, 1.54) is 0 Å². The normalized spacial score (nSPS) is 25.2. The molecule has 1 aliphatic rings. The number of Topliss-reactive ketones (excluding diaryl/α,β-unsaturated/α-hetero) is 2. The summed E-state index contributed by atoms with van der Waals surface area (Å²) in [6, 6.07) is 0. The maximum atomic E-state index is 11.1. The molecule has 0 aliphatic carbocycles. The first-order valence-electron chi connectivity index (χ1n) is 3.89. The Morgan fingerprint density at radius 1 is 1.73 bits per heavy atom. The number of hydrogen-bond donors (Lipinski definition) is 0. The molecule has 1 saturated heterocycles. The molecule has 0 N–H and O–H groups in total. The van der Waals surface area contributed by atoms with Crippen LogP contribution in [-0.2, 0) is 14.3 Å². The van der Waals surface area contributed by atoms with Crippen LogP contribution >= 0.6 is 0 Å². The molecule has 0 aromatic rings. The monoisotopic (exact) mass is 156 g/mol. The fourth-order valence-electron chi connectivity index (χ4n) is 1.16. The van der Waals surface area contributed by atoms with Gasteiger partial charge in [0.2, 0.25) is 0 Å². The van der Waals surface area contributed by atoms with Crippen LogP contribution < -0.4 is 0 Å². The van der Waals surface area contributed by atoms with E-state index in [9.17, 15) is 9.59 Å². The van der Waals surface area contributed by atoms with Gasteiger partial charge in [-0.25, -0.2) is 0 Å². The van der Waals surface area contributed by atoms with Crippen molar-refractivity contribution in [2.45, 2.75) is 19.8 Å². The molecule has 1 heterocycles. The Morgan fingerprint density at radius 3 is 3.00 bits per heavy atom. The summed E-state index contributed by atoms with van der Waals surface area (Å²) in [5.74, 6) is -0.411. The topological polar surface area (TPSA) is 43.4 Å². The van der Waals surface area contributed by atoms with Gasteiger partial charge in [0.15, 0.2) is 0 Å². The summed E-state index contributed by atoms with van der Waals surface area (Å²) in [6.07, 6.45) is 0.830. The average Bonchev–Trinajstić information content (AvgIpc) is 2.04. The van der Waals surface area contributed by atoms with Crippen LogP contribution in [0, 0.1) is 5.92 Å². The molecule has 3 heteroatoms. The van der Waals surface area contributed by atoms with Gasteiger partial charge in [-0.1, -0.05) is 6.92 Å². The van der Waals surface area contributed by atoms with Gasteiger partial charge < -0.3 is 4.74 Å². The molecular weight excluding hydrogens is 144 g/mol. The van der Waals surface area contributed by atoms with E-state index in [4.69, 9.17) is 4.74 Å². The first-order valence-corrected chi connectivity index (χ1v) is 3.89. The van der Waals surface area contributed by atoms with Crippen molar-refractivity contribution >= 4 is 11.6 Å². The van der Waals surface area contributed by atoms with E-state index in [0.29, 0.717) is 26.1 Å². The fraction of sp³-hybridized carbons (Fsp3) is 0.750. The molecule has 0 bridgehead atoms. The first kappa shape index (κ1) is 8.40. The van der Waals surface area contributed by atoms with Gasteiger partial charge in [0.1, 0.15) is 11.6 Å². The fourth-order valence-corrected chi connectivity index (χ4v) is 1.16. The van der Waals surface area contributed by atoms with Crippen molar-refractivity contribution in [3.05, 3.63) is 0 Å². The van der Waals surface area contributed by atoms with Crippen LogP contribution in [0.3, 0.4) is 0 Å². The molecule has 1 fully saturated rings. The lowest BCUT2D eigenvalue weighted by Gasteiger charge is -2.18. The minimum atomic E-state index is -0.464. The lowest BCUT2D eigenvalue weighted by Crippen LogP contribution is -2.33. The quantitative estimate of drug-likeness (QED) is 0.549. The zero-order chi connectivity index (χ0) is 8.27. The average molecular weight is 156 g/mol. The predicted molar refractivity (Wildman–Crippen MR) is 39.2 cm³/mol. The Labute approximate surface area is 65.7 Å². The Morgan fingerprint density at radius 2 is 2.45 bits per heavy atom. The van der Waals surface area contributed by atoms with Gasteiger partial charge in [0, 0.05) is 12.8 Å². The van der Waals surface area contributed by atoms with Crippen LogP contribution in [0.4, 0.5) is 0 Å². The number of carbonyl (C=O) groups excluding carboxylic acids is 2. The zero-order valence-electron chi connectivity index (χ0n) is 6.63.